The summed E-state index contributed by atoms with van der Waals surface area (Å²) in [4.78, 5) is 4.09. The van der Waals surface area contributed by atoms with Crippen LogP contribution in [0.25, 0.3) is 0 Å². The summed E-state index contributed by atoms with van der Waals surface area (Å²) in [5.41, 5.74) is 0. The Labute approximate surface area is 52.5 Å². The molecular formula is C3HF4N3. The van der Waals surface area contributed by atoms with E-state index in [1.807, 2.05) is 9.98 Å². The predicted octanol–water partition coefficient (Wildman–Crippen LogP) is 0.791. The molecule has 56 valence electrons. The predicted molar refractivity (Wildman–Crippen MR) is 25.2 cm³/mol. The molecule has 1 aliphatic rings. The van der Waals surface area contributed by atoms with Gasteiger partial charge in [0.05, 0.1) is 0 Å². The van der Waals surface area contributed by atoms with Gasteiger partial charge in [0.2, 0.25) is 0 Å². The maximum absolute atomic E-state index is 11.8. The van der Waals surface area contributed by atoms with E-state index in [1.54, 1.807) is 0 Å². The van der Waals surface area contributed by atoms with Crippen LogP contribution in [0.3, 0.4) is 0 Å². The lowest BCUT2D eigenvalue weighted by molar-refractivity contribution is 0.0165. The molecule has 0 aromatic rings. The molecule has 0 amide bonds. The molecule has 0 spiro atoms. The Balaban J connectivity index is 2.88. The summed E-state index contributed by atoms with van der Waals surface area (Å²) in [7, 11) is 0. The molecule has 7 heteroatoms. The highest BCUT2D eigenvalue weighted by Gasteiger charge is 2.33. The number of amidine groups is 2. The van der Waals surface area contributed by atoms with Crippen LogP contribution in [0.15, 0.2) is 9.98 Å². The third-order valence-electron chi connectivity index (χ3n) is 0.672. The van der Waals surface area contributed by atoms with Crippen molar-refractivity contribution < 1.29 is 17.6 Å². The highest BCUT2D eigenvalue weighted by Crippen LogP contribution is 2.19. The summed E-state index contributed by atoms with van der Waals surface area (Å²) in [6, 6.07) is 0. The highest BCUT2D eigenvalue weighted by atomic mass is 19.3. The topological polar surface area (TPSA) is 36.8 Å². The van der Waals surface area contributed by atoms with Crippen molar-refractivity contribution in [2.75, 3.05) is 0 Å². The zero-order valence-corrected chi connectivity index (χ0v) is 4.41. The second-order valence-corrected chi connectivity index (χ2v) is 1.44. The van der Waals surface area contributed by atoms with Gasteiger partial charge in [-0.15, -0.1) is 9.98 Å². The van der Waals surface area contributed by atoms with Gasteiger partial charge >= 0.3 is 6.17 Å². The molecule has 1 rings (SSSR count). The lowest BCUT2D eigenvalue weighted by Gasteiger charge is -2.10. The van der Waals surface area contributed by atoms with Crippen molar-refractivity contribution >= 4 is 12.2 Å². The van der Waals surface area contributed by atoms with Crippen LogP contribution in [-0.2, 0) is 0 Å². The molecule has 0 saturated carbocycles. The van der Waals surface area contributed by atoms with Crippen molar-refractivity contribution in [3.63, 3.8) is 0 Å². The molecule has 1 aliphatic heterocycles. The molecule has 0 saturated heterocycles. The van der Waals surface area contributed by atoms with Crippen molar-refractivity contribution in [1.29, 1.82) is 0 Å². The smallest absolute Gasteiger partial charge is 0.276 e. The van der Waals surface area contributed by atoms with Crippen LogP contribution in [0.5, 0.6) is 0 Å². The lowest BCUT2D eigenvalue weighted by Crippen LogP contribution is -2.33. The molecular weight excluding hydrogens is 154 g/mol. The van der Waals surface area contributed by atoms with E-state index in [-0.39, 0.29) is 0 Å². The molecule has 1 heterocycles. The second-order valence-electron chi connectivity index (χ2n) is 1.44. The molecule has 0 radical (unpaired) electrons. The Morgan fingerprint density at radius 3 is 1.80 bits per heavy atom. The molecule has 10 heavy (non-hydrogen) atoms. The third kappa shape index (κ3) is 1.42. The van der Waals surface area contributed by atoms with Gasteiger partial charge in [0.1, 0.15) is 0 Å². The first-order chi connectivity index (χ1) is 4.49. The van der Waals surface area contributed by atoms with E-state index >= 15 is 0 Å². The Morgan fingerprint density at radius 1 is 1.10 bits per heavy atom. The van der Waals surface area contributed by atoms with E-state index in [0.29, 0.717) is 0 Å². The quantitative estimate of drug-likeness (QED) is 0.407. The monoisotopic (exact) mass is 155 g/mol. The van der Waals surface area contributed by atoms with E-state index in [4.69, 9.17) is 0 Å². The van der Waals surface area contributed by atoms with E-state index in [0.717, 1.165) is 0 Å². The van der Waals surface area contributed by atoms with Crippen LogP contribution in [-0.4, -0.2) is 18.3 Å². The minimum Gasteiger partial charge on any atom is -0.276 e. The summed E-state index contributed by atoms with van der Waals surface area (Å²) in [5.74, 6) is 0. The fourth-order valence-corrected chi connectivity index (χ4v) is 0.402. The summed E-state index contributed by atoms with van der Waals surface area (Å²) in [5, 5.41) is 1.22. The minimum absolute atomic E-state index is 1.22. The Kier molecular flexibility index (Phi) is 1.34. The van der Waals surface area contributed by atoms with Crippen LogP contribution < -0.4 is 5.32 Å². The minimum atomic E-state index is -4.01. The Hall–Kier alpha value is -1.14. The molecule has 1 N–H and O–H groups in total. The Morgan fingerprint density at radius 2 is 1.50 bits per heavy atom. The molecule has 0 aromatic heterocycles. The van der Waals surface area contributed by atoms with Crippen molar-refractivity contribution in [3.05, 3.63) is 0 Å². The van der Waals surface area contributed by atoms with Gasteiger partial charge in [0.15, 0.2) is 0 Å². The van der Waals surface area contributed by atoms with E-state index in [9.17, 15) is 17.6 Å². The zero-order chi connectivity index (χ0) is 7.78. The second kappa shape index (κ2) is 1.93. The summed E-state index contributed by atoms with van der Waals surface area (Å²) in [6.07, 6.45) is -7.38. The lowest BCUT2D eigenvalue weighted by atomic mass is 10.8. The maximum atomic E-state index is 11.8. The highest BCUT2D eigenvalue weighted by molar-refractivity contribution is 5.93. The van der Waals surface area contributed by atoms with Crippen LogP contribution in [0.2, 0.25) is 0 Å². The summed E-state index contributed by atoms with van der Waals surface area (Å²) in [6.45, 7) is 0. The average Bonchev–Trinajstić information content (AvgIpc) is 1.54. The first-order valence-electron chi connectivity index (χ1n) is 2.15. The molecule has 0 unspecified atom stereocenters. The number of nitrogens with zero attached hydrogens (tertiary/aromatic N) is 2. The number of alkyl halides is 2. The zero-order valence-electron chi connectivity index (χ0n) is 4.41. The van der Waals surface area contributed by atoms with Crippen LogP contribution in [0.1, 0.15) is 0 Å². The number of nitrogens with one attached hydrogen (secondary N) is 1. The van der Waals surface area contributed by atoms with Crippen LogP contribution in [0.4, 0.5) is 17.6 Å². The molecule has 0 aliphatic carbocycles. The molecule has 0 fully saturated rings. The number of aliphatic imine (C=N–C) groups is 2. The van der Waals surface area contributed by atoms with Crippen LogP contribution >= 0.6 is 0 Å². The first kappa shape index (κ1) is 6.97. The Bertz CT molecular complexity index is 188. The third-order valence-corrected chi connectivity index (χ3v) is 0.672. The van der Waals surface area contributed by atoms with Gasteiger partial charge in [-0.1, -0.05) is 0 Å². The summed E-state index contributed by atoms with van der Waals surface area (Å²) < 4.78 is 47.2. The van der Waals surface area contributed by atoms with E-state index in [2.05, 4.69) is 0 Å². The van der Waals surface area contributed by atoms with E-state index in [1.165, 1.54) is 5.32 Å². The molecule has 0 atom stereocenters. The number of halogens is 4. The molecule has 3 nitrogen and oxygen atoms in total. The van der Waals surface area contributed by atoms with Crippen molar-refractivity contribution in [1.82, 2.24) is 5.32 Å². The van der Waals surface area contributed by atoms with Crippen LogP contribution in [0, 0.1) is 0 Å². The van der Waals surface area contributed by atoms with E-state index < -0.39 is 18.3 Å². The molecule has 0 aromatic carbocycles. The first-order valence-corrected chi connectivity index (χ1v) is 2.15. The van der Waals surface area contributed by atoms with Crippen molar-refractivity contribution in [2.45, 2.75) is 6.17 Å². The van der Waals surface area contributed by atoms with Gasteiger partial charge in [-0.25, -0.2) is 0 Å². The van der Waals surface area contributed by atoms with Crippen molar-refractivity contribution in [3.8, 4) is 0 Å². The standard InChI is InChI=1S/C3HF4N3/c4-1-8-2(5)10-3(6,7)9-1/h(H,8,9,10). The number of hydrogen-bond donors (Lipinski definition) is 1. The van der Waals surface area contributed by atoms with Gasteiger partial charge < -0.3 is 0 Å². The largest absolute Gasteiger partial charge is 0.456 e. The van der Waals surface area contributed by atoms with Crippen molar-refractivity contribution in [2.24, 2.45) is 9.98 Å². The van der Waals surface area contributed by atoms with Gasteiger partial charge in [-0.3, -0.25) is 5.32 Å². The van der Waals surface area contributed by atoms with Gasteiger partial charge in [-0.05, 0) is 0 Å². The summed E-state index contributed by atoms with van der Waals surface area (Å²) >= 11 is 0. The van der Waals surface area contributed by atoms with Gasteiger partial charge in [0.25, 0.3) is 12.2 Å². The number of hydrogen-bond acceptors (Lipinski definition) is 3. The fraction of sp³-hybridized carbons (Fsp3) is 0.333. The molecule has 0 bridgehead atoms. The van der Waals surface area contributed by atoms with Gasteiger partial charge in [0, 0.05) is 0 Å². The normalized spacial score (nSPS) is 22.8. The fourth-order valence-electron chi connectivity index (χ4n) is 0.402. The average molecular weight is 155 g/mol. The van der Waals surface area contributed by atoms with Gasteiger partial charge in [-0.2, -0.15) is 17.6 Å². The number of rotatable bonds is 0. The SMILES string of the molecule is FC1=NC(F)(F)N=C(F)N1. The maximum Gasteiger partial charge on any atom is 0.456 e.